The van der Waals surface area contributed by atoms with Gasteiger partial charge in [0.1, 0.15) is 5.75 Å². The third kappa shape index (κ3) is 4.97. The Morgan fingerprint density at radius 1 is 1.10 bits per heavy atom. The summed E-state index contributed by atoms with van der Waals surface area (Å²) in [6, 6.07) is 16.3. The van der Waals surface area contributed by atoms with Crippen LogP contribution < -0.4 is 10.1 Å². The molecule has 0 spiro atoms. The number of benzene rings is 2. The predicted molar refractivity (Wildman–Crippen MR) is 112 cm³/mol. The van der Waals surface area contributed by atoms with E-state index in [9.17, 15) is 13.2 Å². The minimum atomic E-state index is -3.56. The number of sulfonamides is 1. The molecule has 7 heteroatoms. The van der Waals surface area contributed by atoms with Gasteiger partial charge in [-0.15, -0.1) is 0 Å². The highest BCUT2D eigenvalue weighted by Crippen LogP contribution is 2.26. The molecule has 0 bridgehead atoms. The van der Waals surface area contributed by atoms with Crippen molar-refractivity contribution in [3.8, 4) is 5.75 Å². The third-order valence-electron chi connectivity index (χ3n) is 5.45. The predicted octanol–water partition coefficient (Wildman–Crippen LogP) is 3.36. The van der Waals surface area contributed by atoms with E-state index in [1.807, 2.05) is 37.3 Å². The molecule has 3 rings (SSSR count). The van der Waals surface area contributed by atoms with Crippen LogP contribution in [0.1, 0.15) is 37.8 Å². The van der Waals surface area contributed by atoms with Crippen LogP contribution in [0.15, 0.2) is 59.5 Å². The number of carbonyl (C=O) groups is 1. The lowest BCUT2D eigenvalue weighted by Crippen LogP contribution is -2.43. The molecule has 1 heterocycles. The molecule has 0 unspecified atom stereocenters. The van der Waals surface area contributed by atoms with Crippen molar-refractivity contribution in [2.45, 2.75) is 37.1 Å². The summed E-state index contributed by atoms with van der Waals surface area (Å²) in [6.45, 7) is 2.73. The van der Waals surface area contributed by atoms with Crippen molar-refractivity contribution < 1.29 is 17.9 Å². The van der Waals surface area contributed by atoms with Crippen LogP contribution >= 0.6 is 0 Å². The molecule has 1 N–H and O–H groups in total. The Balaban J connectivity index is 1.59. The lowest BCUT2D eigenvalue weighted by atomic mass is 9.96. The van der Waals surface area contributed by atoms with E-state index in [4.69, 9.17) is 4.74 Å². The monoisotopic (exact) mass is 416 g/mol. The molecule has 0 saturated carbocycles. The average Bonchev–Trinajstić information content (AvgIpc) is 2.78. The van der Waals surface area contributed by atoms with Crippen molar-refractivity contribution in [2.24, 2.45) is 5.92 Å². The molecule has 1 saturated heterocycles. The van der Waals surface area contributed by atoms with Crippen LogP contribution in [0.25, 0.3) is 0 Å². The molecule has 0 aromatic heterocycles. The molecule has 156 valence electrons. The topological polar surface area (TPSA) is 75.7 Å². The Morgan fingerprint density at radius 2 is 1.72 bits per heavy atom. The summed E-state index contributed by atoms with van der Waals surface area (Å²) < 4.78 is 32.3. The maximum Gasteiger partial charge on any atom is 0.243 e. The van der Waals surface area contributed by atoms with E-state index in [-0.39, 0.29) is 22.8 Å². The second-order valence-corrected chi connectivity index (χ2v) is 9.17. The molecule has 1 atom stereocenters. The highest BCUT2D eigenvalue weighted by Gasteiger charge is 2.32. The Hall–Kier alpha value is -2.38. The van der Waals surface area contributed by atoms with Gasteiger partial charge in [-0.05, 0) is 49.1 Å². The maximum absolute atomic E-state index is 12.9. The molecular weight excluding hydrogens is 388 g/mol. The molecule has 29 heavy (non-hydrogen) atoms. The Bertz CT molecular complexity index is 906. The van der Waals surface area contributed by atoms with Crippen molar-refractivity contribution in [1.29, 1.82) is 0 Å². The first kappa shape index (κ1) is 21.3. The zero-order valence-corrected chi connectivity index (χ0v) is 17.7. The molecule has 0 radical (unpaired) electrons. The summed E-state index contributed by atoms with van der Waals surface area (Å²) in [5, 5.41) is 3.13. The van der Waals surface area contributed by atoms with Gasteiger partial charge in [-0.1, -0.05) is 37.3 Å². The number of hydrogen-bond donors (Lipinski definition) is 1. The number of carbonyl (C=O) groups excluding carboxylic acids is 1. The maximum atomic E-state index is 12.9. The molecule has 2 aromatic rings. The van der Waals surface area contributed by atoms with Crippen LogP contribution in [0.5, 0.6) is 5.75 Å². The first-order valence-corrected chi connectivity index (χ1v) is 11.4. The van der Waals surface area contributed by atoms with Crippen molar-refractivity contribution >= 4 is 15.9 Å². The first-order chi connectivity index (χ1) is 14.0. The van der Waals surface area contributed by atoms with Crippen LogP contribution in [-0.2, 0) is 14.8 Å². The highest BCUT2D eigenvalue weighted by molar-refractivity contribution is 7.89. The number of piperidine rings is 1. The van der Waals surface area contributed by atoms with E-state index in [0.29, 0.717) is 31.7 Å². The molecule has 1 aliphatic rings. The van der Waals surface area contributed by atoms with Crippen molar-refractivity contribution in [3.63, 3.8) is 0 Å². The Kier molecular flexibility index (Phi) is 6.92. The fourth-order valence-corrected chi connectivity index (χ4v) is 5.12. The lowest BCUT2D eigenvalue weighted by molar-refractivity contribution is -0.126. The van der Waals surface area contributed by atoms with Crippen molar-refractivity contribution in [2.75, 3.05) is 20.2 Å². The minimum absolute atomic E-state index is 0.00204. The normalized spacial score (nSPS) is 16.9. The summed E-state index contributed by atoms with van der Waals surface area (Å²) in [7, 11) is -2.02. The highest BCUT2D eigenvalue weighted by atomic mass is 32.2. The van der Waals surface area contributed by atoms with Gasteiger partial charge in [0, 0.05) is 19.0 Å². The van der Waals surface area contributed by atoms with Crippen LogP contribution in [0.2, 0.25) is 0 Å². The van der Waals surface area contributed by atoms with Gasteiger partial charge in [0.2, 0.25) is 15.9 Å². The average molecular weight is 417 g/mol. The Morgan fingerprint density at radius 3 is 2.28 bits per heavy atom. The molecule has 1 aliphatic heterocycles. The van der Waals surface area contributed by atoms with Gasteiger partial charge in [-0.25, -0.2) is 8.42 Å². The quantitative estimate of drug-likeness (QED) is 0.751. The van der Waals surface area contributed by atoms with E-state index in [1.54, 1.807) is 31.4 Å². The van der Waals surface area contributed by atoms with Crippen molar-refractivity contribution in [1.82, 2.24) is 9.62 Å². The number of rotatable bonds is 7. The first-order valence-electron chi connectivity index (χ1n) is 9.95. The SMILES string of the molecule is CC[C@@H](NC(=O)C1CCN(S(=O)(=O)c2ccc(OC)cc2)CC1)c1ccccc1. The molecule has 0 aliphatic carbocycles. The fourth-order valence-electron chi connectivity index (χ4n) is 3.65. The summed E-state index contributed by atoms with van der Waals surface area (Å²) in [4.78, 5) is 13.0. The number of ether oxygens (including phenoxy) is 1. The van der Waals surface area contributed by atoms with Gasteiger partial charge in [0.05, 0.1) is 18.0 Å². The van der Waals surface area contributed by atoms with Gasteiger partial charge in [0.25, 0.3) is 0 Å². The van der Waals surface area contributed by atoms with E-state index in [1.165, 1.54) is 4.31 Å². The van der Waals surface area contributed by atoms with Gasteiger partial charge < -0.3 is 10.1 Å². The Labute approximate surface area is 172 Å². The number of hydrogen-bond acceptors (Lipinski definition) is 4. The second kappa shape index (κ2) is 9.41. The van der Waals surface area contributed by atoms with E-state index in [0.717, 1.165) is 12.0 Å². The molecular formula is C22H28N2O4S. The summed E-state index contributed by atoms with van der Waals surface area (Å²) in [5.74, 6) is 0.445. The summed E-state index contributed by atoms with van der Waals surface area (Å²) in [5.41, 5.74) is 1.09. The number of amides is 1. The van der Waals surface area contributed by atoms with Gasteiger partial charge in [-0.3, -0.25) is 4.79 Å². The van der Waals surface area contributed by atoms with Crippen LogP contribution in [0.4, 0.5) is 0 Å². The van der Waals surface area contributed by atoms with Gasteiger partial charge in [-0.2, -0.15) is 4.31 Å². The number of nitrogens with zero attached hydrogens (tertiary/aromatic N) is 1. The standard InChI is InChI=1S/C22H28N2O4S/c1-3-21(17-7-5-4-6-8-17)23-22(25)18-13-15-24(16-14-18)29(26,27)20-11-9-19(28-2)10-12-20/h4-12,18,21H,3,13-16H2,1-2H3,(H,23,25)/t21-/m1/s1. The van der Waals surface area contributed by atoms with E-state index < -0.39 is 10.0 Å². The minimum Gasteiger partial charge on any atom is -0.497 e. The number of methoxy groups -OCH3 is 1. The van der Waals surface area contributed by atoms with Crippen LogP contribution in [0.3, 0.4) is 0 Å². The zero-order valence-electron chi connectivity index (χ0n) is 16.9. The third-order valence-corrected chi connectivity index (χ3v) is 7.36. The van der Waals surface area contributed by atoms with Crippen LogP contribution in [0, 0.1) is 5.92 Å². The van der Waals surface area contributed by atoms with Gasteiger partial charge >= 0.3 is 0 Å². The van der Waals surface area contributed by atoms with Crippen LogP contribution in [-0.4, -0.2) is 38.8 Å². The number of nitrogens with one attached hydrogen (secondary N) is 1. The van der Waals surface area contributed by atoms with E-state index in [2.05, 4.69) is 5.32 Å². The van der Waals surface area contributed by atoms with Crippen molar-refractivity contribution in [3.05, 3.63) is 60.2 Å². The molecule has 2 aromatic carbocycles. The molecule has 6 nitrogen and oxygen atoms in total. The largest absolute Gasteiger partial charge is 0.497 e. The summed E-state index contributed by atoms with van der Waals surface area (Å²) in [6.07, 6.45) is 1.85. The summed E-state index contributed by atoms with van der Waals surface area (Å²) >= 11 is 0. The fraction of sp³-hybridized carbons (Fsp3) is 0.409. The second-order valence-electron chi connectivity index (χ2n) is 7.23. The van der Waals surface area contributed by atoms with Gasteiger partial charge in [0.15, 0.2) is 0 Å². The molecule has 1 amide bonds. The lowest BCUT2D eigenvalue weighted by Gasteiger charge is -2.31. The smallest absolute Gasteiger partial charge is 0.243 e. The molecule has 1 fully saturated rings. The zero-order chi connectivity index (χ0) is 20.9. The van der Waals surface area contributed by atoms with E-state index >= 15 is 0 Å².